The number of carbonyl (C=O) groups excluding carboxylic acids is 3. The lowest BCUT2D eigenvalue weighted by atomic mass is 10.0. The van der Waals surface area contributed by atoms with Crippen LogP contribution in [-0.2, 0) is 9.59 Å². The number of thiocarbonyl (C=S) groups is 1. The Hall–Kier alpha value is -3.01. The number of amides is 2. The summed E-state index contributed by atoms with van der Waals surface area (Å²) in [4.78, 5) is 38.1. The van der Waals surface area contributed by atoms with Gasteiger partial charge in [0.2, 0.25) is 0 Å². The average molecular weight is 425 g/mol. The van der Waals surface area contributed by atoms with Crippen molar-refractivity contribution in [1.29, 1.82) is 0 Å². The van der Waals surface area contributed by atoms with E-state index in [4.69, 9.17) is 23.8 Å². The Morgan fingerprint density at radius 3 is 2.32 bits per heavy atom. The zero-order valence-corrected chi connectivity index (χ0v) is 15.4. The lowest BCUT2D eigenvalue weighted by Crippen LogP contribution is -2.54. The van der Waals surface area contributed by atoms with Gasteiger partial charge in [-0.1, -0.05) is 11.6 Å². The number of benzene rings is 2. The number of carbonyl (C=O) groups is 3. The van der Waals surface area contributed by atoms with Gasteiger partial charge in [-0.05, 0) is 54.7 Å². The van der Waals surface area contributed by atoms with Gasteiger partial charge >= 0.3 is 0 Å². The first kappa shape index (κ1) is 21.3. The topological polar surface area (TPSA) is 98.0 Å². The van der Waals surface area contributed by atoms with Gasteiger partial charge in [0.05, 0.1) is 5.69 Å². The molecule has 0 unspecified atom stereocenters. The Morgan fingerprint density at radius 1 is 1.07 bits per heavy atom. The number of rotatable bonds is 3. The van der Waals surface area contributed by atoms with E-state index in [-0.39, 0.29) is 16.2 Å². The molecule has 1 saturated heterocycles. The van der Waals surface area contributed by atoms with Gasteiger partial charge in [-0.15, -0.1) is 0 Å². The van der Waals surface area contributed by atoms with Gasteiger partial charge in [-0.3, -0.25) is 24.6 Å². The Morgan fingerprint density at radius 2 is 1.71 bits per heavy atom. The van der Waals surface area contributed by atoms with E-state index in [9.17, 15) is 23.2 Å². The fourth-order valence-corrected chi connectivity index (χ4v) is 2.75. The van der Waals surface area contributed by atoms with Crippen LogP contribution in [0.2, 0.25) is 5.02 Å². The minimum atomic E-state index is -1.22. The van der Waals surface area contributed by atoms with Crippen molar-refractivity contribution in [3.63, 3.8) is 0 Å². The minimum absolute atomic E-state index is 0. The molecule has 144 valence electrons. The van der Waals surface area contributed by atoms with Crippen molar-refractivity contribution < 1.29 is 28.6 Å². The average Bonchev–Trinajstić information content (AvgIpc) is 2.62. The molecule has 2 aromatic rings. The van der Waals surface area contributed by atoms with Crippen LogP contribution in [0.1, 0.15) is 10.4 Å². The van der Waals surface area contributed by atoms with Crippen molar-refractivity contribution in [2.45, 2.75) is 0 Å². The minimum Gasteiger partial charge on any atom is -0.412 e. The summed E-state index contributed by atoms with van der Waals surface area (Å²) < 4.78 is 26.3. The summed E-state index contributed by atoms with van der Waals surface area (Å²) in [6, 6.07) is 8.58. The maximum absolute atomic E-state index is 13.3. The van der Waals surface area contributed by atoms with E-state index >= 15 is 0 Å². The number of nitrogens with zero attached hydrogens (tertiary/aromatic N) is 1. The second-order valence-corrected chi connectivity index (χ2v) is 6.25. The molecule has 1 aliphatic rings. The molecule has 0 atom stereocenters. The van der Waals surface area contributed by atoms with Crippen molar-refractivity contribution in [2.24, 2.45) is 0 Å². The van der Waals surface area contributed by atoms with Gasteiger partial charge < -0.3 is 5.48 Å². The van der Waals surface area contributed by atoms with Crippen molar-refractivity contribution >= 4 is 52.2 Å². The quantitative estimate of drug-likeness (QED) is 0.354. The number of hydrogen-bond acceptors (Lipinski definition) is 4. The summed E-state index contributed by atoms with van der Waals surface area (Å²) in [7, 11) is 0. The van der Waals surface area contributed by atoms with Crippen LogP contribution in [0.5, 0.6) is 0 Å². The highest BCUT2D eigenvalue weighted by Gasteiger charge is 2.35. The molecule has 2 aromatic carbocycles. The van der Waals surface area contributed by atoms with Gasteiger partial charge in [0.1, 0.15) is 5.57 Å². The van der Waals surface area contributed by atoms with E-state index in [1.807, 2.05) is 0 Å². The highest BCUT2D eigenvalue weighted by atomic mass is 35.5. The molecule has 0 aromatic heterocycles. The molecule has 1 heterocycles. The third-order valence-electron chi connectivity index (χ3n) is 3.67. The van der Waals surface area contributed by atoms with Gasteiger partial charge in [0, 0.05) is 16.7 Å². The molecule has 0 radical (unpaired) electrons. The summed E-state index contributed by atoms with van der Waals surface area (Å²) in [5.41, 5.74) is -0.373. The molecule has 1 aliphatic heterocycles. The smallest absolute Gasteiger partial charge is 0.270 e. The molecule has 3 rings (SSSR count). The molecule has 28 heavy (non-hydrogen) atoms. The Balaban J connectivity index is 0.00000280. The molecule has 2 amide bonds. The summed E-state index contributed by atoms with van der Waals surface area (Å²) >= 11 is 10.8. The molecule has 3 N–H and O–H groups in total. The van der Waals surface area contributed by atoms with Crippen molar-refractivity contribution in [3.05, 3.63) is 76.3 Å². The van der Waals surface area contributed by atoms with Crippen LogP contribution in [0, 0.1) is 11.6 Å². The highest BCUT2D eigenvalue weighted by Crippen LogP contribution is 2.23. The van der Waals surface area contributed by atoms with Crippen molar-refractivity contribution in [3.8, 4) is 0 Å². The van der Waals surface area contributed by atoms with Gasteiger partial charge in [0.25, 0.3) is 11.8 Å². The van der Waals surface area contributed by atoms with Gasteiger partial charge in [0.15, 0.2) is 22.5 Å². The third-order valence-corrected chi connectivity index (χ3v) is 4.20. The zero-order valence-electron chi connectivity index (χ0n) is 13.8. The number of allylic oxidation sites excluding steroid dienone is 1. The van der Waals surface area contributed by atoms with Crippen LogP contribution < -0.4 is 10.2 Å². The molecular formula is C18H11ClF2N2O4S. The number of halogens is 3. The molecule has 0 aliphatic carbocycles. The fraction of sp³-hybridized carbons (Fsp3) is 0. The Kier molecular flexibility index (Phi) is 6.34. The van der Waals surface area contributed by atoms with Crippen LogP contribution in [0.15, 0.2) is 54.1 Å². The zero-order chi connectivity index (χ0) is 19.7. The largest absolute Gasteiger partial charge is 0.412 e. The first-order chi connectivity index (χ1) is 12.8. The molecule has 6 nitrogen and oxygen atoms in total. The van der Waals surface area contributed by atoms with E-state index < -0.39 is 34.8 Å². The normalized spacial score (nSPS) is 15.3. The van der Waals surface area contributed by atoms with Gasteiger partial charge in [-0.2, -0.15) is 0 Å². The second-order valence-electron chi connectivity index (χ2n) is 5.43. The fourth-order valence-electron chi connectivity index (χ4n) is 2.35. The molecule has 0 saturated carbocycles. The summed E-state index contributed by atoms with van der Waals surface area (Å²) in [5.74, 6) is -4.88. The third kappa shape index (κ3) is 4.11. The number of ketones is 1. The SMILES string of the molecule is O.O=C1NC(=S)N(c2ccc(Cl)cc2)C(=O)/C1=C\C(=O)c1ccc(F)c(F)c1. The second kappa shape index (κ2) is 8.34. The van der Waals surface area contributed by atoms with Crippen LogP contribution in [-0.4, -0.2) is 28.2 Å². The van der Waals surface area contributed by atoms with Crippen LogP contribution in [0.4, 0.5) is 14.5 Å². The maximum Gasteiger partial charge on any atom is 0.270 e. The number of nitrogens with one attached hydrogen (secondary N) is 1. The first-order valence-electron chi connectivity index (χ1n) is 7.44. The van der Waals surface area contributed by atoms with Gasteiger partial charge in [-0.25, -0.2) is 8.78 Å². The monoisotopic (exact) mass is 424 g/mol. The van der Waals surface area contributed by atoms with Crippen molar-refractivity contribution in [1.82, 2.24) is 5.32 Å². The lowest BCUT2D eigenvalue weighted by molar-refractivity contribution is -0.122. The standard InChI is InChI=1S/C18H9ClF2N2O3S.H2O/c19-10-2-4-11(5-3-10)23-17(26)12(16(25)22-18(23)27)8-15(24)9-1-6-13(20)14(21)7-9;/h1-8H,(H,22,25,27);1H2/b12-8-;. The Labute approximate surface area is 167 Å². The highest BCUT2D eigenvalue weighted by molar-refractivity contribution is 7.80. The van der Waals surface area contributed by atoms with Crippen LogP contribution in [0.25, 0.3) is 0 Å². The summed E-state index contributed by atoms with van der Waals surface area (Å²) in [6.45, 7) is 0. The van der Waals surface area contributed by atoms with E-state index in [1.54, 1.807) is 0 Å². The van der Waals surface area contributed by atoms with Crippen LogP contribution >= 0.6 is 23.8 Å². The molecule has 0 bridgehead atoms. The predicted octanol–water partition coefficient (Wildman–Crippen LogP) is 2.35. The first-order valence-corrected chi connectivity index (χ1v) is 8.23. The number of hydrogen-bond donors (Lipinski definition) is 1. The Bertz CT molecular complexity index is 1020. The lowest BCUT2D eigenvalue weighted by Gasteiger charge is -2.28. The maximum atomic E-state index is 13.3. The van der Waals surface area contributed by atoms with E-state index in [2.05, 4.69) is 5.32 Å². The molecule has 0 spiro atoms. The molecule has 1 fully saturated rings. The predicted molar refractivity (Wildman–Crippen MR) is 102 cm³/mol. The molecule has 10 heteroatoms. The molecular weight excluding hydrogens is 414 g/mol. The van der Waals surface area contributed by atoms with Crippen molar-refractivity contribution in [2.75, 3.05) is 4.90 Å². The summed E-state index contributed by atoms with van der Waals surface area (Å²) in [5, 5.41) is 2.58. The van der Waals surface area contributed by atoms with E-state index in [0.29, 0.717) is 16.8 Å². The van der Waals surface area contributed by atoms with E-state index in [0.717, 1.165) is 23.1 Å². The summed E-state index contributed by atoms with van der Waals surface area (Å²) in [6.07, 6.45) is 0.759. The van der Waals surface area contributed by atoms with E-state index in [1.165, 1.54) is 24.3 Å². The van der Waals surface area contributed by atoms with Crippen LogP contribution in [0.3, 0.4) is 0 Å². The number of anilines is 1.